The number of rotatable bonds is 4. The Labute approximate surface area is 109 Å². The minimum atomic E-state index is 0.221. The molecule has 0 aliphatic carbocycles. The Morgan fingerprint density at radius 3 is 2.67 bits per heavy atom. The van der Waals surface area contributed by atoms with Crippen LogP contribution >= 0.6 is 0 Å². The van der Waals surface area contributed by atoms with Crippen molar-refractivity contribution in [2.24, 2.45) is 5.41 Å². The van der Waals surface area contributed by atoms with Crippen LogP contribution in [0.25, 0.3) is 10.9 Å². The summed E-state index contributed by atoms with van der Waals surface area (Å²) < 4.78 is 0. The van der Waals surface area contributed by atoms with Crippen LogP contribution in [0, 0.1) is 5.41 Å². The molecule has 2 heteroatoms. The van der Waals surface area contributed by atoms with Gasteiger partial charge in [0.1, 0.15) is 0 Å². The third-order valence-corrected chi connectivity index (χ3v) is 3.93. The lowest BCUT2D eigenvalue weighted by Gasteiger charge is -2.33. The van der Waals surface area contributed by atoms with Crippen LogP contribution in [0.1, 0.15) is 38.8 Å². The molecule has 2 rings (SSSR count). The van der Waals surface area contributed by atoms with Crippen molar-refractivity contribution in [1.29, 1.82) is 0 Å². The minimum Gasteiger partial charge on any atom is -0.312 e. The number of nitrogens with one attached hydrogen (secondary N) is 1. The highest BCUT2D eigenvalue weighted by atomic mass is 14.9. The summed E-state index contributed by atoms with van der Waals surface area (Å²) in [4.78, 5) is 4.56. The van der Waals surface area contributed by atoms with E-state index in [1.165, 1.54) is 10.9 Å². The predicted molar refractivity (Wildman–Crippen MR) is 77.6 cm³/mol. The van der Waals surface area contributed by atoms with Gasteiger partial charge in [0.05, 0.1) is 5.52 Å². The third kappa shape index (κ3) is 2.39. The molecule has 1 N–H and O–H groups in total. The molecule has 0 saturated carbocycles. The molecule has 0 fully saturated rings. The summed E-state index contributed by atoms with van der Waals surface area (Å²) in [5.41, 5.74) is 2.55. The molecule has 0 aliphatic heterocycles. The molecule has 96 valence electrons. The molecule has 0 radical (unpaired) electrons. The van der Waals surface area contributed by atoms with Gasteiger partial charge >= 0.3 is 0 Å². The monoisotopic (exact) mass is 242 g/mol. The van der Waals surface area contributed by atoms with Crippen molar-refractivity contribution < 1.29 is 0 Å². The lowest BCUT2D eigenvalue weighted by atomic mass is 9.78. The lowest BCUT2D eigenvalue weighted by Crippen LogP contribution is -2.31. The second kappa shape index (κ2) is 5.07. The standard InChI is InChI=1S/C16H22N2/c1-5-16(2,3)15(17-4)13-10-12-8-6-7-9-14(12)18-11-13/h6-11,15,17H,5H2,1-4H3. The van der Waals surface area contributed by atoms with Crippen LogP contribution in [0.2, 0.25) is 0 Å². The van der Waals surface area contributed by atoms with E-state index >= 15 is 0 Å². The lowest BCUT2D eigenvalue weighted by molar-refractivity contribution is 0.245. The van der Waals surface area contributed by atoms with Crippen LogP contribution in [0.3, 0.4) is 0 Å². The SMILES string of the molecule is CCC(C)(C)C(NC)c1cnc2ccccc2c1. The highest BCUT2D eigenvalue weighted by molar-refractivity contribution is 5.78. The van der Waals surface area contributed by atoms with Crippen molar-refractivity contribution in [1.82, 2.24) is 10.3 Å². The van der Waals surface area contributed by atoms with Gasteiger partial charge in [0.15, 0.2) is 0 Å². The number of para-hydroxylation sites is 1. The molecular weight excluding hydrogens is 220 g/mol. The maximum atomic E-state index is 4.56. The van der Waals surface area contributed by atoms with Gasteiger partial charge in [-0.2, -0.15) is 0 Å². The van der Waals surface area contributed by atoms with Gasteiger partial charge in [-0.15, -0.1) is 0 Å². The van der Waals surface area contributed by atoms with E-state index in [1.54, 1.807) is 0 Å². The van der Waals surface area contributed by atoms with Crippen LogP contribution in [-0.4, -0.2) is 12.0 Å². The molecule has 1 unspecified atom stereocenters. The fourth-order valence-corrected chi connectivity index (χ4v) is 2.46. The summed E-state index contributed by atoms with van der Waals surface area (Å²) in [7, 11) is 2.03. The predicted octanol–water partition coefficient (Wildman–Crippen LogP) is 3.93. The molecule has 0 bridgehead atoms. The summed E-state index contributed by atoms with van der Waals surface area (Å²) in [6.07, 6.45) is 3.13. The zero-order valence-corrected chi connectivity index (χ0v) is 11.7. The van der Waals surface area contributed by atoms with E-state index in [1.807, 2.05) is 19.3 Å². The Morgan fingerprint density at radius 2 is 2.00 bits per heavy atom. The second-order valence-electron chi connectivity index (χ2n) is 5.53. The molecule has 0 aliphatic rings. The zero-order chi connectivity index (χ0) is 13.2. The molecule has 0 saturated heterocycles. The van der Waals surface area contributed by atoms with Crippen LogP contribution in [0.15, 0.2) is 36.5 Å². The molecule has 1 aromatic heterocycles. The summed E-state index contributed by atoms with van der Waals surface area (Å²) in [5, 5.41) is 4.64. The van der Waals surface area contributed by atoms with Crippen molar-refractivity contribution in [3.8, 4) is 0 Å². The van der Waals surface area contributed by atoms with Crippen molar-refractivity contribution in [3.05, 3.63) is 42.1 Å². The Kier molecular flexibility index (Phi) is 3.67. The van der Waals surface area contributed by atoms with Crippen molar-refractivity contribution in [3.63, 3.8) is 0 Å². The van der Waals surface area contributed by atoms with Crippen molar-refractivity contribution in [2.75, 3.05) is 7.05 Å². The average molecular weight is 242 g/mol. The number of fused-ring (bicyclic) bond motifs is 1. The van der Waals surface area contributed by atoms with E-state index in [9.17, 15) is 0 Å². The third-order valence-electron chi connectivity index (χ3n) is 3.93. The first kappa shape index (κ1) is 13.0. The smallest absolute Gasteiger partial charge is 0.0702 e. The first-order valence-electron chi connectivity index (χ1n) is 6.60. The fourth-order valence-electron chi connectivity index (χ4n) is 2.46. The molecule has 2 aromatic rings. The first-order chi connectivity index (χ1) is 8.58. The quantitative estimate of drug-likeness (QED) is 0.878. The van der Waals surface area contributed by atoms with E-state index < -0.39 is 0 Å². The maximum Gasteiger partial charge on any atom is 0.0702 e. The molecule has 18 heavy (non-hydrogen) atoms. The topological polar surface area (TPSA) is 24.9 Å². The maximum absolute atomic E-state index is 4.56. The highest BCUT2D eigenvalue weighted by Gasteiger charge is 2.28. The van der Waals surface area contributed by atoms with Gasteiger partial charge in [-0.3, -0.25) is 4.98 Å². The van der Waals surface area contributed by atoms with Crippen LogP contribution in [-0.2, 0) is 0 Å². The largest absolute Gasteiger partial charge is 0.312 e. The van der Waals surface area contributed by atoms with E-state index in [-0.39, 0.29) is 5.41 Å². The number of aromatic nitrogens is 1. The zero-order valence-electron chi connectivity index (χ0n) is 11.7. The Bertz CT molecular complexity index is 531. The van der Waals surface area contributed by atoms with Gasteiger partial charge in [0.2, 0.25) is 0 Å². The average Bonchev–Trinajstić information content (AvgIpc) is 2.39. The van der Waals surface area contributed by atoms with E-state index in [4.69, 9.17) is 0 Å². The number of hydrogen-bond donors (Lipinski definition) is 1. The molecule has 1 atom stereocenters. The number of pyridine rings is 1. The number of benzene rings is 1. The first-order valence-corrected chi connectivity index (χ1v) is 6.60. The summed E-state index contributed by atoms with van der Waals surface area (Å²) in [5.74, 6) is 0. The summed E-state index contributed by atoms with van der Waals surface area (Å²) in [6.45, 7) is 6.82. The Morgan fingerprint density at radius 1 is 1.28 bits per heavy atom. The molecule has 0 spiro atoms. The molecule has 1 aromatic carbocycles. The second-order valence-corrected chi connectivity index (χ2v) is 5.53. The normalized spacial score (nSPS) is 13.8. The molecule has 0 amide bonds. The number of hydrogen-bond acceptors (Lipinski definition) is 2. The number of nitrogens with zero attached hydrogens (tertiary/aromatic N) is 1. The van der Waals surface area contributed by atoms with Crippen LogP contribution in [0.4, 0.5) is 0 Å². The Hall–Kier alpha value is -1.41. The fraction of sp³-hybridized carbons (Fsp3) is 0.438. The van der Waals surface area contributed by atoms with Gasteiger partial charge in [-0.1, -0.05) is 39.0 Å². The summed E-state index contributed by atoms with van der Waals surface area (Å²) in [6, 6.07) is 10.9. The van der Waals surface area contributed by atoms with Gasteiger partial charge in [-0.25, -0.2) is 0 Å². The molecule has 1 heterocycles. The Balaban J connectivity index is 2.46. The van der Waals surface area contributed by atoms with Crippen molar-refractivity contribution in [2.45, 2.75) is 33.2 Å². The van der Waals surface area contributed by atoms with Gasteiger partial charge in [0.25, 0.3) is 0 Å². The van der Waals surface area contributed by atoms with Crippen molar-refractivity contribution >= 4 is 10.9 Å². The highest BCUT2D eigenvalue weighted by Crippen LogP contribution is 2.36. The van der Waals surface area contributed by atoms with E-state index in [2.05, 4.69) is 55.3 Å². The van der Waals surface area contributed by atoms with Gasteiger partial charge in [0, 0.05) is 17.6 Å². The minimum absolute atomic E-state index is 0.221. The van der Waals surface area contributed by atoms with E-state index in [0.29, 0.717) is 6.04 Å². The van der Waals surface area contributed by atoms with E-state index in [0.717, 1.165) is 11.9 Å². The van der Waals surface area contributed by atoms with Gasteiger partial charge < -0.3 is 5.32 Å². The van der Waals surface area contributed by atoms with Crippen LogP contribution in [0.5, 0.6) is 0 Å². The van der Waals surface area contributed by atoms with Crippen LogP contribution < -0.4 is 5.32 Å². The molecular formula is C16H22N2. The van der Waals surface area contributed by atoms with Gasteiger partial charge in [-0.05, 0) is 36.6 Å². The molecule has 2 nitrogen and oxygen atoms in total. The summed E-state index contributed by atoms with van der Waals surface area (Å²) >= 11 is 0.